The van der Waals surface area contributed by atoms with Gasteiger partial charge in [-0.2, -0.15) is 0 Å². The van der Waals surface area contributed by atoms with Crippen LogP contribution in [0.3, 0.4) is 0 Å². The van der Waals surface area contributed by atoms with Gasteiger partial charge in [-0.3, -0.25) is 0 Å². The summed E-state index contributed by atoms with van der Waals surface area (Å²) in [5, 5.41) is 17.8. The van der Waals surface area contributed by atoms with Crippen molar-refractivity contribution in [2.24, 2.45) is 0 Å². The highest BCUT2D eigenvalue weighted by Gasteiger charge is 2.54. The molecule has 276 valence electrons. The number of fused-ring (bicyclic) bond motifs is 12. The highest BCUT2D eigenvalue weighted by molar-refractivity contribution is 6.19. The number of anilines is 1. The lowest BCUT2D eigenvalue weighted by Gasteiger charge is -2.39. The van der Waals surface area contributed by atoms with Crippen LogP contribution in [0.2, 0.25) is 0 Å². The Kier molecular flexibility index (Phi) is 6.94. The van der Waals surface area contributed by atoms with Crippen LogP contribution in [-0.2, 0) is 22.4 Å². The van der Waals surface area contributed by atoms with E-state index in [0.29, 0.717) is 0 Å². The number of methoxy groups -OCH3 is 1. The second-order valence-electron chi connectivity index (χ2n) is 15.7. The smallest absolute Gasteiger partial charge is 0.178 e. The van der Waals surface area contributed by atoms with E-state index in [2.05, 4.69) is 157 Å². The Morgan fingerprint density at radius 2 is 1.40 bits per heavy atom. The summed E-state index contributed by atoms with van der Waals surface area (Å²) in [6.45, 7) is 3.19. The van der Waals surface area contributed by atoms with Gasteiger partial charge in [0.1, 0.15) is 11.5 Å². The maximum absolute atomic E-state index is 10.6. The first-order valence-corrected chi connectivity index (χ1v) is 19.9. The SMILES string of the molecule is COc1ccc2c3c(c4c(c2c1)OC(c1ccccc1)(c1ccc(N2CCOCC2)cc1)C=C4)C1(c2cc(CO)ccc2-3)c2cccc3ccc4cccc1c4c23. The lowest BCUT2D eigenvalue weighted by Crippen LogP contribution is -2.37. The average Bonchev–Trinajstić information content (AvgIpc) is 3.77. The van der Waals surface area contributed by atoms with Gasteiger partial charge in [0.25, 0.3) is 0 Å². The monoisotopic (exact) mass is 741 g/mol. The van der Waals surface area contributed by atoms with Crippen LogP contribution in [-0.4, -0.2) is 38.5 Å². The van der Waals surface area contributed by atoms with Crippen molar-refractivity contribution in [3.63, 3.8) is 0 Å². The Morgan fingerprint density at radius 1 is 0.684 bits per heavy atom. The number of benzene rings is 8. The zero-order valence-electron chi connectivity index (χ0n) is 31.6. The van der Waals surface area contributed by atoms with E-state index in [-0.39, 0.29) is 6.61 Å². The molecule has 1 saturated heterocycles. The number of hydrogen-bond donors (Lipinski definition) is 1. The van der Waals surface area contributed by atoms with E-state index in [4.69, 9.17) is 14.2 Å². The van der Waals surface area contributed by atoms with Gasteiger partial charge in [0.15, 0.2) is 5.60 Å². The number of morpholine rings is 1. The number of rotatable bonds is 5. The molecule has 8 aromatic carbocycles. The van der Waals surface area contributed by atoms with Crippen molar-refractivity contribution >= 4 is 44.1 Å². The number of aliphatic hydroxyl groups is 1. The van der Waals surface area contributed by atoms with Gasteiger partial charge < -0.3 is 24.2 Å². The second kappa shape index (κ2) is 12.1. The van der Waals surface area contributed by atoms with E-state index >= 15 is 0 Å². The lowest BCUT2D eigenvalue weighted by molar-refractivity contribution is 0.122. The fraction of sp³-hybridized carbons (Fsp3) is 0.154. The third-order valence-electron chi connectivity index (χ3n) is 13.1. The van der Waals surface area contributed by atoms with Gasteiger partial charge in [0.05, 0.1) is 32.3 Å². The molecule has 2 aliphatic carbocycles. The molecule has 1 unspecified atom stereocenters. The van der Waals surface area contributed by atoms with E-state index in [1.54, 1.807) is 7.11 Å². The van der Waals surface area contributed by atoms with Gasteiger partial charge in [-0.25, -0.2) is 0 Å². The van der Waals surface area contributed by atoms with Crippen LogP contribution in [0.15, 0.2) is 146 Å². The van der Waals surface area contributed by atoms with E-state index in [1.165, 1.54) is 60.6 Å². The van der Waals surface area contributed by atoms with Crippen molar-refractivity contribution in [1.82, 2.24) is 0 Å². The Balaban J connectivity index is 1.19. The largest absolute Gasteiger partial charge is 0.497 e. The summed E-state index contributed by atoms with van der Waals surface area (Å²) in [5.74, 6) is 1.60. The van der Waals surface area contributed by atoms with Crippen LogP contribution < -0.4 is 14.4 Å². The van der Waals surface area contributed by atoms with E-state index < -0.39 is 11.0 Å². The Labute approximate surface area is 331 Å². The zero-order chi connectivity index (χ0) is 37.9. The molecular formula is C52H39NO4. The highest BCUT2D eigenvalue weighted by atomic mass is 16.5. The first-order chi connectivity index (χ1) is 28.1. The quantitative estimate of drug-likeness (QED) is 0.178. The van der Waals surface area contributed by atoms with Crippen LogP contribution in [0, 0.1) is 0 Å². The molecule has 2 heterocycles. The molecule has 1 N–H and O–H groups in total. The minimum absolute atomic E-state index is 0.0377. The molecule has 0 amide bonds. The Hall–Kier alpha value is -6.40. The topological polar surface area (TPSA) is 51.2 Å². The van der Waals surface area contributed by atoms with Crippen molar-refractivity contribution in [3.05, 3.63) is 190 Å². The molecule has 12 rings (SSSR count). The van der Waals surface area contributed by atoms with Crippen molar-refractivity contribution in [3.8, 4) is 22.6 Å². The van der Waals surface area contributed by atoms with Crippen molar-refractivity contribution in [1.29, 1.82) is 0 Å². The lowest BCUT2D eigenvalue weighted by atomic mass is 9.67. The summed E-state index contributed by atoms with van der Waals surface area (Å²) in [6, 6.07) is 50.5. The maximum Gasteiger partial charge on any atom is 0.178 e. The normalized spacial score (nSPS) is 18.3. The summed E-state index contributed by atoms with van der Waals surface area (Å²) >= 11 is 0. The maximum atomic E-state index is 10.6. The van der Waals surface area contributed by atoms with Gasteiger partial charge in [-0.05, 0) is 102 Å². The van der Waals surface area contributed by atoms with E-state index in [0.717, 1.165) is 70.8 Å². The van der Waals surface area contributed by atoms with Crippen molar-refractivity contribution in [2.75, 3.05) is 38.3 Å². The Bertz CT molecular complexity index is 2940. The number of ether oxygens (including phenoxy) is 3. The van der Waals surface area contributed by atoms with Crippen LogP contribution in [0.4, 0.5) is 5.69 Å². The summed E-state index contributed by atoms with van der Waals surface area (Å²) in [4.78, 5) is 2.39. The summed E-state index contributed by atoms with van der Waals surface area (Å²) < 4.78 is 19.3. The fourth-order valence-corrected chi connectivity index (χ4v) is 10.7. The third-order valence-corrected chi connectivity index (χ3v) is 13.1. The van der Waals surface area contributed by atoms with Gasteiger partial charge in [-0.15, -0.1) is 0 Å². The summed E-state index contributed by atoms with van der Waals surface area (Å²) in [7, 11) is 1.73. The van der Waals surface area contributed by atoms with Crippen LogP contribution in [0.5, 0.6) is 11.5 Å². The molecule has 4 aliphatic rings. The molecule has 0 aromatic heterocycles. The molecule has 1 atom stereocenters. The first kappa shape index (κ1) is 32.8. The molecule has 0 bridgehead atoms. The minimum Gasteiger partial charge on any atom is -0.497 e. The molecule has 57 heavy (non-hydrogen) atoms. The van der Waals surface area contributed by atoms with Gasteiger partial charge in [0, 0.05) is 40.9 Å². The van der Waals surface area contributed by atoms with Crippen LogP contribution >= 0.6 is 0 Å². The van der Waals surface area contributed by atoms with Crippen molar-refractivity contribution < 1.29 is 19.3 Å². The number of nitrogens with zero attached hydrogens (tertiary/aromatic N) is 1. The standard InChI is InChI=1S/C52H39NO4/c1-55-38-20-22-39-42(30-38)50-41(23-24-51(57-50,35-9-3-2-4-10-35)36-16-18-37(19-17-36)53-25-27-56-28-26-53)49-48(39)40-21-13-32(31-54)29-45(40)52(49)43-11-5-7-33-14-15-34-8-6-12-44(52)47(34)46(33)43/h2-24,29-30,54H,25-28,31H2,1H3. The molecule has 5 nitrogen and oxygen atoms in total. The molecule has 5 heteroatoms. The van der Waals surface area contributed by atoms with Crippen molar-refractivity contribution in [2.45, 2.75) is 17.6 Å². The summed E-state index contributed by atoms with van der Waals surface area (Å²) in [5.41, 5.74) is 11.0. The highest BCUT2D eigenvalue weighted by Crippen LogP contribution is 2.66. The van der Waals surface area contributed by atoms with Crippen LogP contribution in [0.25, 0.3) is 49.5 Å². The minimum atomic E-state index is -0.913. The summed E-state index contributed by atoms with van der Waals surface area (Å²) in [6.07, 6.45) is 4.61. The predicted octanol–water partition coefficient (Wildman–Crippen LogP) is 10.5. The third kappa shape index (κ3) is 4.30. The molecule has 0 saturated carbocycles. The fourth-order valence-electron chi connectivity index (χ4n) is 10.7. The van der Waals surface area contributed by atoms with E-state index in [9.17, 15) is 5.11 Å². The molecule has 0 radical (unpaired) electrons. The van der Waals surface area contributed by atoms with Crippen LogP contribution in [0.1, 0.15) is 44.5 Å². The van der Waals surface area contributed by atoms with E-state index in [1.807, 2.05) is 0 Å². The first-order valence-electron chi connectivity index (χ1n) is 19.9. The zero-order valence-corrected chi connectivity index (χ0v) is 31.6. The number of hydrogen-bond acceptors (Lipinski definition) is 5. The van der Waals surface area contributed by atoms with Gasteiger partial charge in [-0.1, -0.05) is 115 Å². The number of aliphatic hydroxyl groups excluding tert-OH is 1. The average molecular weight is 742 g/mol. The molecule has 8 aromatic rings. The van der Waals surface area contributed by atoms with Gasteiger partial charge >= 0.3 is 0 Å². The van der Waals surface area contributed by atoms with Gasteiger partial charge in [0.2, 0.25) is 0 Å². The molecule has 2 aliphatic heterocycles. The predicted molar refractivity (Wildman–Crippen MR) is 229 cm³/mol. The molecule has 1 fully saturated rings. The Morgan fingerprint density at radius 3 is 2.11 bits per heavy atom. The second-order valence-corrected chi connectivity index (χ2v) is 15.7. The molecule has 1 spiro atoms. The molecular weight excluding hydrogens is 703 g/mol.